The molecule has 1 aromatic carbocycles. The van der Waals surface area contributed by atoms with Crippen LogP contribution in [0.1, 0.15) is 12.0 Å². The maximum absolute atomic E-state index is 12.9. The Morgan fingerprint density at radius 1 is 1.19 bits per heavy atom. The first-order valence-corrected chi connectivity index (χ1v) is 8.84. The van der Waals surface area contributed by atoms with Crippen LogP contribution < -0.4 is 10.2 Å². The Kier molecular flexibility index (Phi) is 5.88. The lowest BCUT2D eigenvalue weighted by molar-refractivity contribution is -0.137. The molecule has 0 aliphatic carbocycles. The lowest BCUT2D eigenvalue weighted by Crippen LogP contribution is -2.52. The zero-order valence-electron chi connectivity index (χ0n) is 14.8. The summed E-state index contributed by atoms with van der Waals surface area (Å²) >= 11 is 0. The summed E-state index contributed by atoms with van der Waals surface area (Å²) in [5, 5.41) is 2.88. The second-order valence-corrected chi connectivity index (χ2v) is 6.41. The fourth-order valence-electron chi connectivity index (χ4n) is 3.03. The molecule has 2 amide bonds. The van der Waals surface area contributed by atoms with Crippen LogP contribution in [0.15, 0.2) is 43.0 Å². The first kappa shape index (κ1) is 19.1. The summed E-state index contributed by atoms with van der Waals surface area (Å²) in [6.45, 7) is 3.30. The van der Waals surface area contributed by atoms with Crippen molar-refractivity contribution in [2.75, 3.05) is 37.6 Å². The minimum absolute atomic E-state index is 0.135. The van der Waals surface area contributed by atoms with Crippen LogP contribution in [0.4, 0.5) is 23.7 Å². The molecular weight excluding hydrogens is 359 g/mol. The standard InChI is InChI=1S/C18H22F3N5O/c19-18(20,21)15-3-1-4-16(13-15)25-9-11-26(12-10-25)17(27)23-5-2-7-24-8-6-22-14-24/h1,3-4,6,8,13-14H,2,5,7,9-12H2,(H,23,27). The van der Waals surface area contributed by atoms with E-state index in [1.807, 2.05) is 15.7 Å². The zero-order valence-corrected chi connectivity index (χ0v) is 14.8. The molecule has 2 heterocycles. The van der Waals surface area contributed by atoms with Gasteiger partial charge in [-0.15, -0.1) is 0 Å². The van der Waals surface area contributed by atoms with Gasteiger partial charge in [0, 0.05) is 57.3 Å². The number of benzene rings is 1. The second kappa shape index (κ2) is 8.32. The number of nitrogens with zero attached hydrogens (tertiary/aromatic N) is 4. The van der Waals surface area contributed by atoms with Crippen LogP contribution in [0.5, 0.6) is 0 Å². The smallest absolute Gasteiger partial charge is 0.368 e. The Bertz CT molecular complexity index is 740. The van der Waals surface area contributed by atoms with Crippen LogP contribution in [0, 0.1) is 0 Å². The van der Waals surface area contributed by atoms with E-state index in [4.69, 9.17) is 0 Å². The van der Waals surface area contributed by atoms with Crippen molar-refractivity contribution in [3.63, 3.8) is 0 Å². The molecule has 1 N–H and O–H groups in total. The van der Waals surface area contributed by atoms with Gasteiger partial charge in [0.1, 0.15) is 0 Å². The number of imidazole rings is 1. The van der Waals surface area contributed by atoms with Crippen molar-refractivity contribution in [1.82, 2.24) is 19.8 Å². The van der Waals surface area contributed by atoms with Gasteiger partial charge in [-0.1, -0.05) is 6.07 Å². The van der Waals surface area contributed by atoms with E-state index < -0.39 is 11.7 Å². The van der Waals surface area contributed by atoms with Crippen LogP contribution in [0.2, 0.25) is 0 Å². The number of aromatic nitrogens is 2. The number of piperazine rings is 1. The summed E-state index contributed by atoms with van der Waals surface area (Å²) in [6, 6.07) is 5.17. The number of anilines is 1. The number of hydrogen-bond donors (Lipinski definition) is 1. The summed E-state index contributed by atoms with van der Waals surface area (Å²) < 4.78 is 40.5. The number of aryl methyl sites for hydroxylation is 1. The normalized spacial score (nSPS) is 15.1. The molecule has 0 atom stereocenters. The van der Waals surface area contributed by atoms with Crippen LogP contribution in [0.25, 0.3) is 0 Å². The Morgan fingerprint density at radius 2 is 1.96 bits per heavy atom. The van der Waals surface area contributed by atoms with Crippen LogP contribution in [0.3, 0.4) is 0 Å². The number of carbonyl (C=O) groups is 1. The van der Waals surface area contributed by atoms with E-state index in [-0.39, 0.29) is 6.03 Å². The fraction of sp³-hybridized carbons (Fsp3) is 0.444. The third-order valence-electron chi connectivity index (χ3n) is 4.53. The highest BCUT2D eigenvalue weighted by atomic mass is 19.4. The monoisotopic (exact) mass is 381 g/mol. The van der Waals surface area contributed by atoms with E-state index in [9.17, 15) is 18.0 Å². The van der Waals surface area contributed by atoms with Crippen molar-refractivity contribution < 1.29 is 18.0 Å². The number of nitrogens with one attached hydrogen (secondary N) is 1. The van der Waals surface area contributed by atoms with Gasteiger partial charge in [0.15, 0.2) is 0 Å². The highest BCUT2D eigenvalue weighted by Gasteiger charge is 2.31. The van der Waals surface area contributed by atoms with Gasteiger partial charge in [-0.2, -0.15) is 13.2 Å². The Hall–Kier alpha value is -2.71. The molecule has 1 aliphatic rings. The molecule has 1 aromatic heterocycles. The predicted octanol–water partition coefficient (Wildman–Crippen LogP) is 2.82. The van der Waals surface area contributed by atoms with Crippen LogP contribution in [-0.2, 0) is 12.7 Å². The quantitative estimate of drug-likeness (QED) is 0.811. The van der Waals surface area contributed by atoms with E-state index in [1.165, 1.54) is 6.07 Å². The van der Waals surface area contributed by atoms with E-state index in [1.54, 1.807) is 23.5 Å². The van der Waals surface area contributed by atoms with Crippen molar-refractivity contribution in [1.29, 1.82) is 0 Å². The van der Waals surface area contributed by atoms with Crippen LogP contribution in [-0.4, -0.2) is 53.2 Å². The number of rotatable bonds is 5. The highest BCUT2D eigenvalue weighted by Crippen LogP contribution is 2.31. The molecule has 1 fully saturated rings. The molecule has 1 saturated heterocycles. The Balaban J connectivity index is 1.43. The van der Waals surface area contributed by atoms with Gasteiger partial charge < -0.3 is 19.7 Å². The largest absolute Gasteiger partial charge is 0.416 e. The van der Waals surface area contributed by atoms with E-state index >= 15 is 0 Å². The lowest BCUT2D eigenvalue weighted by atomic mass is 10.1. The van der Waals surface area contributed by atoms with Gasteiger partial charge in [0.2, 0.25) is 0 Å². The molecule has 27 heavy (non-hydrogen) atoms. The molecule has 146 valence electrons. The highest BCUT2D eigenvalue weighted by molar-refractivity contribution is 5.74. The lowest BCUT2D eigenvalue weighted by Gasteiger charge is -2.36. The second-order valence-electron chi connectivity index (χ2n) is 6.41. The molecule has 0 bridgehead atoms. The minimum atomic E-state index is -4.35. The van der Waals surface area contributed by atoms with Gasteiger partial charge in [-0.3, -0.25) is 0 Å². The van der Waals surface area contributed by atoms with Gasteiger partial charge in [0.25, 0.3) is 0 Å². The number of alkyl halides is 3. The first-order chi connectivity index (χ1) is 12.9. The number of amides is 2. The minimum Gasteiger partial charge on any atom is -0.368 e. The molecule has 6 nitrogen and oxygen atoms in total. The van der Waals surface area contributed by atoms with Crippen molar-refractivity contribution in [2.24, 2.45) is 0 Å². The van der Waals surface area contributed by atoms with Gasteiger partial charge in [0.05, 0.1) is 11.9 Å². The summed E-state index contributed by atoms with van der Waals surface area (Å²) in [5.74, 6) is 0. The molecule has 0 radical (unpaired) electrons. The fourth-order valence-corrected chi connectivity index (χ4v) is 3.03. The van der Waals surface area contributed by atoms with Gasteiger partial charge in [-0.25, -0.2) is 9.78 Å². The molecule has 0 unspecified atom stereocenters. The van der Waals surface area contributed by atoms with Crippen molar-refractivity contribution in [3.8, 4) is 0 Å². The van der Waals surface area contributed by atoms with E-state index in [0.717, 1.165) is 25.1 Å². The third kappa shape index (κ3) is 5.15. The molecule has 1 aliphatic heterocycles. The van der Waals surface area contributed by atoms with E-state index in [2.05, 4.69) is 10.3 Å². The first-order valence-electron chi connectivity index (χ1n) is 8.84. The molecule has 9 heteroatoms. The maximum Gasteiger partial charge on any atom is 0.416 e. The van der Waals surface area contributed by atoms with Gasteiger partial charge >= 0.3 is 12.2 Å². The number of hydrogen-bond acceptors (Lipinski definition) is 3. The number of carbonyl (C=O) groups excluding carboxylic acids is 1. The third-order valence-corrected chi connectivity index (χ3v) is 4.53. The van der Waals surface area contributed by atoms with Crippen molar-refractivity contribution >= 4 is 11.7 Å². The average Bonchev–Trinajstić information content (AvgIpc) is 3.18. The van der Waals surface area contributed by atoms with Crippen molar-refractivity contribution in [2.45, 2.75) is 19.1 Å². The summed E-state index contributed by atoms with van der Waals surface area (Å²) in [7, 11) is 0. The van der Waals surface area contributed by atoms with Crippen molar-refractivity contribution in [3.05, 3.63) is 48.5 Å². The molecular formula is C18H22F3N5O. The van der Waals surface area contributed by atoms with Crippen LogP contribution >= 0.6 is 0 Å². The topological polar surface area (TPSA) is 53.4 Å². The SMILES string of the molecule is O=C(NCCCn1ccnc1)N1CCN(c2cccc(C(F)(F)F)c2)CC1. The molecule has 0 saturated carbocycles. The predicted molar refractivity (Wildman–Crippen MR) is 95.5 cm³/mol. The summed E-state index contributed by atoms with van der Waals surface area (Å²) in [4.78, 5) is 19.7. The van der Waals surface area contributed by atoms with Gasteiger partial charge in [-0.05, 0) is 24.6 Å². The Morgan fingerprint density at radius 3 is 2.63 bits per heavy atom. The summed E-state index contributed by atoms with van der Waals surface area (Å²) in [6.07, 6.45) is 1.76. The number of urea groups is 1. The van der Waals surface area contributed by atoms with E-state index in [0.29, 0.717) is 38.4 Å². The summed E-state index contributed by atoms with van der Waals surface area (Å²) in [5.41, 5.74) is -0.122. The zero-order chi connectivity index (χ0) is 19.3. The molecule has 2 aromatic rings. The molecule has 0 spiro atoms. The Labute approximate surface area is 155 Å². The number of halogens is 3. The molecule has 3 rings (SSSR count). The maximum atomic E-state index is 12.9. The average molecular weight is 381 g/mol.